The lowest BCUT2D eigenvalue weighted by molar-refractivity contribution is -0.161. The Kier molecular flexibility index (Phi) is 65.5. The number of rotatable bonds is 74. The van der Waals surface area contributed by atoms with Crippen molar-refractivity contribution >= 4 is 39.5 Å². The summed E-state index contributed by atoms with van der Waals surface area (Å²) in [5.74, 6) is -0.604. The molecule has 0 rings (SSSR count). The highest BCUT2D eigenvalue weighted by atomic mass is 31.2. The van der Waals surface area contributed by atoms with Crippen molar-refractivity contribution in [3.05, 3.63) is 0 Å². The Hall–Kier alpha value is -1.94. The molecule has 0 radical (unpaired) electrons. The average Bonchev–Trinajstić information content (AvgIpc) is 2.35. The summed E-state index contributed by atoms with van der Waals surface area (Å²) >= 11 is 0. The topological polar surface area (TPSA) is 237 Å². The maximum absolute atomic E-state index is 13.1. The van der Waals surface area contributed by atoms with Crippen molar-refractivity contribution < 1.29 is 80.2 Å². The number of unbranched alkanes of at least 4 members (excludes halogenated alkanes) is 44. The molecule has 0 aromatic rings. The SMILES string of the molecule is CCCCCCCCCCCCCCCCCCC(=O)OC[C@H](COP(=O)(O)OC[C@@H](O)COP(=O)(O)OC[C@@H](COC(=O)CCCCCCCCCCCC)OC(=O)CCCCCCCCCCC(C)C)OC(=O)CCCCCCCCCCCCCCCCC(C)C. The van der Waals surface area contributed by atoms with Crippen LogP contribution in [0.15, 0.2) is 0 Å². The first-order valence-corrected chi connectivity index (χ1v) is 42.0. The third kappa shape index (κ3) is 68.6. The van der Waals surface area contributed by atoms with Crippen LogP contribution in [0, 0.1) is 11.8 Å². The summed E-state index contributed by atoms with van der Waals surface area (Å²) in [7, 11) is -9.91. The molecule has 0 aliphatic heterocycles. The summed E-state index contributed by atoms with van der Waals surface area (Å²) in [6, 6.07) is 0. The zero-order chi connectivity index (χ0) is 69.3. The van der Waals surface area contributed by atoms with Gasteiger partial charge in [0.25, 0.3) is 0 Å². The third-order valence-corrected chi connectivity index (χ3v) is 19.4. The van der Waals surface area contributed by atoms with E-state index in [0.717, 1.165) is 102 Å². The van der Waals surface area contributed by atoms with Crippen molar-refractivity contribution in [2.45, 2.75) is 407 Å². The Morgan fingerprint density at radius 2 is 0.489 bits per heavy atom. The molecular weight excluding hydrogens is 1230 g/mol. The molecule has 558 valence electrons. The molecule has 0 amide bonds. The van der Waals surface area contributed by atoms with E-state index in [4.69, 9.17) is 37.0 Å². The van der Waals surface area contributed by atoms with E-state index in [2.05, 4.69) is 41.5 Å². The minimum Gasteiger partial charge on any atom is -0.462 e. The van der Waals surface area contributed by atoms with Crippen molar-refractivity contribution in [2.24, 2.45) is 11.8 Å². The fraction of sp³-hybridized carbons (Fsp3) is 0.947. The molecule has 0 bridgehead atoms. The summed E-state index contributed by atoms with van der Waals surface area (Å²) in [6.45, 7) is 9.56. The maximum atomic E-state index is 13.1. The molecule has 0 aromatic heterocycles. The van der Waals surface area contributed by atoms with Crippen molar-refractivity contribution in [1.29, 1.82) is 0 Å². The lowest BCUT2D eigenvalue weighted by Gasteiger charge is -2.21. The zero-order valence-electron chi connectivity index (χ0n) is 61.3. The van der Waals surface area contributed by atoms with Crippen LogP contribution in [-0.4, -0.2) is 96.7 Å². The largest absolute Gasteiger partial charge is 0.472 e. The van der Waals surface area contributed by atoms with E-state index >= 15 is 0 Å². The van der Waals surface area contributed by atoms with Crippen LogP contribution in [-0.2, 0) is 65.4 Å². The van der Waals surface area contributed by atoms with Crippen LogP contribution in [0.3, 0.4) is 0 Å². The Labute approximate surface area is 575 Å². The van der Waals surface area contributed by atoms with Gasteiger partial charge in [0.05, 0.1) is 26.4 Å². The summed E-state index contributed by atoms with van der Waals surface area (Å²) in [4.78, 5) is 72.7. The first kappa shape index (κ1) is 92.1. The molecule has 19 heteroatoms. The van der Waals surface area contributed by atoms with Crippen LogP contribution in [0.25, 0.3) is 0 Å². The van der Waals surface area contributed by atoms with Gasteiger partial charge >= 0.3 is 39.5 Å². The highest BCUT2D eigenvalue weighted by Gasteiger charge is 2.30. The van der Waals surface area contributed by atoms with E-state index in [1.54, 1.807) is 0 Å². The molecule has 94 heavy (non-hydrogen) atoms. The predicted octanol–water partition coefficient (Wildman–Crippen LogP) is 21.9. The normalized spacial score (nSPS) is 14.0. The second-order valence-corrected chi connectivity index (χ2v) is 30.9. The quantitative estimate of drug-likeness (QED) is 0.0222. The van der Waals surface area contributed by atoms with Gasteiger partial charge in [0.1, 0.15) is 19.3 Å². The molecule has 0 aliphatic carbocycles. The highest BCUT2D eigenvalue weighted by Crippen LogP contribution is 2.45. The fourth-order valence-corrected chi connectivity index (χ4v) is 13.1. The molecule has 0 saturated carbocycles. The minimum absolute atomic E-state index is 0.105. The Bertz CT molecular complexity index is 1820. The molecule has 0 aliphatic rings. The van der Waals surface area contributed by atoms with Crippen molar-refractivity contribution in [2.75, 3.05) is 39.6 Å². The molecule has 0 saturated heterocycles. The number of carbonyl (C=O) groups excluding carboxylic acids is 4. The summed E-state index contributed by atoms with van der Waals surface area (Å²) in [6.07, 6.45) is 54.1. The molecule has 0 spiro atoms. The number of phosphoric ester groups is 2. The number of aliphatic hydroxyl groups is 1. The monoisotopic (exact) mass is 1380 g/mol. The highest BCUT2D eigenvalue weighted by molar-refractivity contribution is 7.47. The van der Waals surface area contributed by atoms with Crippen molar-refractivity contribution in [3.63, 3.8) is 0 Å². The van der Waals surface area contributed by atoms with Gasteiger partial charge in [0.15, 0.2) is 12.2 Å². The molecular formula is C75H146O17P2. The Morgan fingerprint density at radius 1 is 0.287 bits per heavy atom. The van der Waals surface area contributed by atoms with E-state index in [9.17, 15) is 43.2 Å². The fourth-order valence-electron chi connectivity index (χ4n) is 11.5. The van der Waals surface area contributed by atoms with Gasteiger partial charge in [-0.25, -0.2) is 9.13 Å². The van der Waals surface area contributed by atoms with Crippen LogP contribution in [0.1, 0.15) is 388 Å². The summed E-state index contributed by atoms with van der Waals surface area (Å²) in [5.41, 5.74) is 0. The second kappa shape index (κ2) is 66.9. The first-order chi connectivity index (χ1) is 45.4. The number of hydrogen-bond acceptors (Lipinski definition) is 15. The van der Waals surface area contributed by atoms with Gasteiger partial charge in [-0.05, 0) is 37.5 Å². The maximum Gasteiger partial charge on any atom is 0.472 e. The van der Waals surface area contributed by atoms with E-state index in [-0.39, 0.29) is 25.7 Å². The van der Waals surface area contributed by atoms with Crippen molar-refractivity contribution in [1.82, 2.24) is 0 Å². The molecule has 0 fully saturated rings. The third-order valence-electron chi connectivity index (χ3n) is 17.5. The zero-order valence-corrected chi connectivity index (χ0v) is 63.1. The van der Waals surface area contributed by atoms with E-state index in [0.29, 0.717) is 25.7 Å². The van der Waals surface area contributed by atoms with Crippen LogP contribution in [0.2, 0.25) is 0 Å². The minimum atomic E-state index is -4.96. The number of carbonyl (C=O) groups is 4. The first-order valence-electron chi connectivity index (χ1n) is 39.0. The Morgan fingerprint density at radius 3 is 0.723 bits per heavy atom. The molecule has 0 aromatic carbocycles. The number of aliphatic hydroxyl groups excluding tert-OH is 1. The number of hydrogen-bond donors (Lipinski definition) is 3. The smallest absolute Gasteiger partial charge is 0.462 e. The predicted molar refractivity (Wildman–Crippen MR) is 381 cm³/mol. The number of phosphoric acid groups is 2. The van der Waals surface area contributed by atoms with Gasteiger partial charge < -0.3 is 33.8 Å². The molecule has 0 heterocycles. The van der Waals surface area contributed by atoms with Gasteiger partial charge in [-0.3, -0.25) is 37.3 Å². The van der Waals surface area contributed by atoms with Gasteiger partial charge in [0.2, 0.25) is 0 Å². The molecule has 2 unspecified atom stereocenters. The molecule has 5 atom stereocenters. The van der Waals surface area contributed by atoms with Gasteiger partial charge in [0, 0.05) is 25.7 Å². The average molecular weight is 1380 g/mol. The van der Waals surface area contributed by atoms with Crippen LogP contribution in [0.5, 0.6) is 0 Å². The van der Waals surface area contributed by atoms with E-state index < -0.39 is 97.5 Å². The van der Waals surface area contributed by atoms with Gasteiger partial charge in [-0.15, -0.1) is 0 Å². The van der Waals surface area contributed by atoms with Crippen molar-refractivity contribution in [3.8, 4) is 0 Å². The lowest BCUT2D eigenvalue weighted by atomic mass is 10.0. The number of ether oxygens (including phenoxy) is 4. The molecule has 3 N–H and O–H groups in total. The second-order valence-electron chi connectivity index (χ2n) is 28.0. The lowest BCUT2D eigenvalue weighted by Crippen LogP contribution is -2.30. The van der Waals surface area contributed by atoms with Gasteiger partial charge in [-0.2, -0.15) is 0 Å². The Balaban J connectivity index is 5.23. The van der Waals surface area contributed by atoms with Crippen LogP contribution in [0.4, 0.5) is 0 Å². The standard InChI is InChI=1S/C75H146O17P2/c1-7-9-11-13-15-17-19-20-21-22-26-29-33-40-46-52-58-73(78)86-63-70(91-74(79)59-53-47-41-34-30-27-24-23-25-28-31-37-43-49-55-67(3)4)65-89-93(81,82)87-61-69(76)62-88-94(83,84)90-66-71(64-85-72(77)57-51-45-39-32-18-16-14-12-10-8-2)92-75(80)60-54-48-42-36-35-38-44-50-56-68(5)6/h67-71,76H,7-66H2,1-6H3,(H,81,82)(H,83,84)/t69-,70-,71-/m1/s1. The summed E-state index contributed by atoms with van der Waals surface area (Å²) in [5, 5.41) is 10.6. The number of esters is 4. The van der Waals surface area contributed by atoms with Gasteiger partial charge in [-0.1, -0.05) is 337 Å². The van der Waals surface area contributed by atoms with E-state index in [1.807, 2.05) is 0 Å². The molecule has 17 nitrogen and oxygen atoms in total. The van der Waals surface area contributed by atoms with E-state index in [1.165, 1.54) is 205 Å². The summed E-state index contributed by atoms with van der Waals surface area (Å²) < 4.78 is 68.5. The van der Waals surface area contributed by atoms with Crippen LogP contribution < -0.4 is 0 Å². The van der Waals surface area contributed by atoms with Crippen LogP contribution >= 0.6 is 15.6 Å².